The molecule has 0 aliphatic carbocycles. The number of hydrogen-bond acceptors (Lipinski definition) is 5. The SMILES string of the molecule is CC(CS(C)(=O)=O)NC1CC(=O)N(c2ccccc2)C1=O. The number of sulfone groups is 1. The van der Waals surface area contributed by atoms with E-state index in [4.69, 9.17) is 0 Å². The predicted octanol–water partition coefficient (Wildman–Crippen LogP) is 0.341. The van der Waals surface area contributed by atoms with E-state index in [0.717, 1.165) is 11.2 Å². The predicted molar refractivity (Wildman–Crippen MR) is 79.6 cm³/mol. The average molecular weight is 310 g/mol. The molecule has 1 N–H and O–H groups in total. The lowest BCUT2D eigenvalue weighted by Crippen LogP contribution is -2.45. The number of para-hydroxylation sites is 1. The third-order valence-corrected chi connectivity index (χ3v) is 4.30. The van der Waals surface area contributed by atoms with Crippen molar-refractivity contribution in [3.05, 3.63) is 30.3 Å². The van der Waals surface area contributed by atoms with Crippen LogP contribution in [0.3, 0.4) is 0 Å². The molecule has 0 aromatic heterocycles. The maximum absolute atomic E-state index is 12.3. The molecule has 1 aliphatic heterocycles. The van der Waals surface area contributed by atoms with Gasteiger partial charge in [0.2, 0.25) is 5.91 Å². The number of carbonyl (C=O) groups excluding carboxylic acids is 2. The number of hydrogen-bond donors (Lipinski definition) is 1. The van der Waals surface area contributed by atoms with Crippen LogP contribution in [0.4, 0.5) is 5.69 Å². The summed E-state index contributed by atoms with van der Waals surface area (Å²) >= 11 is 0. The first-order valence-corrected chi connectivity index (χ1v) is 8.69. The van der Waals surface area contributed by atoms with E-state index < -0.39 is 21.9 Å². The van der Waals surface area contributed by atoms with Crippen molar-refractivity contribution in [1.29, 1.82) is 0 Å². The van der Waals surface area contributed by atoms with Crippen LogP contribution in [0.15, 0.2) is 30.3 Å². The van der Waals surface area contributed by atoms with Gasteiger partial charge in [-0.2, -0.15) is 0 Å². The van der Waals surface area contributed by atoms with Crippen LogP contribution in [0.25, 0.3) is 0 Å². The standard InChI is InChI=1S/C14H18N2O4S/c1-10(9-21(2,19)20)15-12-8-13(17)16(14(12)18)11-6-4-3-5-7-11/h3-7,10,12,15H,8-9H2,1-2H3. The van der Waals surface area contributed by atoms with Crippen LogP contribution < -0.4 is 10.2 Å². The highest BCUT2D eigenvalue weighted by Gasteiger charge is 2.40. The lowest BCUT2D eigenvalue weighted by Gasteiger charge is -2.18. The molecular weight excluding hydrogens is 292 g/mol. The van der Waals surface area contributed by atoms with Gasteiger partial charge in [0.15, 0.2) is 0 Å². The van der Waals surface area contributed by atoms with Gasteiger partial charge < -0.3 is 5.32 Å². The summed E-state index contributed by atoms with van der Waals surface area (Å²) in [6.07, 6.45) is 1.19. The largest absolute Gasteiger partial charge is 0.302 e. The van der Waals surface area contributed by atoms with Crippen LogP contribution in [0.1, 0.15) is 13.3 Å². The van der Waals surface area contributed by atoms with Crippen molar-refractivity contribution in [3.63, 3.8) is 0 Å². The van der Waals surface area contributed by atoms with Gasteiger partial charge in [-0.15, -0.1) is 0 Å². The molecular formula is C14H18N2O4S. The fourth-order valence-electron chi connectivity index (χ4n) is 2.46. The summed E-state index contributed by atoms with van der Waals surface area (Å²) in [7, 11) is -3.13. The molecule has 2 amide bonds. The molecule has 7 heteroatoms. The summed E-state index contributed by atoms with van der Waals surface area (Å²) in [5.41, 5.74) is 0.535. The lowest BCUT2D eigenvalue weighted by molar-refractivity contribution is -0.121. The number of rotatable bonds is 5. The molecule has 0 saturated carbocycles. The number of nitrogens with zero attached hydrogens (tertiary/aromatic N) is 1. The van der Waals surface area contributed by atoms with E-state index in [-0.39, 0.29) is 24.0 Å². The highest BCUT2D eigenvalue weighted by atomic mass is 32.2. The smallest absolute Gasteiger partial charge is 0.251 e. The number of anilines is 1. The first-order valence-electron chi connectivity index (χ1n) is 6.63. The van der Waals surface area contributed by atoms with E-state index in [1.54, 1.807) is 37.3 Å². The lowest BCUT2D eigenvalue weighted by atomic mass is 10.2. The van der Waals surface area contributed by atoms with Crippen molar-refractivity contribution in [2.75, 3.05) is 16.9 Å². The zero-order valence-electron chi connectivity index (χ0n) is 11.9. The summed E-state index contributed by atoms with van der Waals surface area (Å²) in [5.74, 6) is -0.696. The highest BCUT2D eigenvalue weighted by molar-refractivity contribution is 7.90. The molecule has 0 radical (unpaired) electrons. The maximum Gasteiger partial charge on any atom is 0.251 e. The first kappa shape index (κ1) is 15.7. The zero-order chi connectivity index (χ0) is 15.6. The van der Waals surface area contributed by atoms with Gasteiger partial charge in [-0.05, 0) is 19.1 Å². The number of nitrogens with one attached hydrogen (secondary N) is 1. The number of carbonyl (C=O) groups is 2. The summed E-state index contributed by atoms with van der Waals surface area (Å²) in [5, 5.41) is 2.92. The van der Waals surface area contributed by atoms with Gasteiger partial charge in [-0.3, -0.25) is 9.59 Å². The van der Waals surface area contributed by atoms with Gasteiger partial charge in [0.1, 0.15) is 9.84 Å². The van der Waals surface area contributed by atoms with Crippen LogP contribution in [0.5, 0.6) is 0 Å². The molecule has 1 heterocycles. The second kappa shape index (κ2) is 5.95. The number of imide groups is 1. The Balaban J connectivity index is 2.08. The first-order chi connectivity index (χ1) is 9.78. The van der Waals surface area contributed by atoms with Crippen LogP contribution in [0.2, 0.25) is 0 Å². The maximum atomic E-state index is 12.3. The number of benzene rings is 1. The fraction of sp³-hybridized carbons (Fsp3) is 0.429. The van der Waals surface area contributed by atoms with E-state index in [1.807, 2.05) is 0 Å². The minimum Gasteiger partial charge on any atom is -0.302 e. The van der Waals surface area contributed by atoms with Gasteiger partial charge in [0.05, 0.1) is 23.9 Å². The normalized spacial score (nSPS) is 20.9. The molecule has 1 aliphatic rings. The van der Waals surface area contributed by atoms with Gasteiger partial charge >= 0.3 is 0 Å². The molecule has 1 aromatic carbocycles. The van der Waals surface area contributed by atoms with Gasteiger partial charge in [0.25, 0.3) is 5.91 Å². The van der Waals surface area contributed by atoms with Crippen molar-refractivity contribution >= 4 is 27.3 Å². The van der Waals surface area contributed by atoms with E-state index in [0.29, 0.717) is 5.69 Å². The fourth-order valence-corrected chi connectivity index (χ4v) is 3.46. The van der Waals surface area contributed by atoms with Crippen molar-refractivity contribution in [2.24, 2.45) is 0 Å². The summed E-state index contributed by atoms with van der Waals surface area (Å²) in [4.78, 5) is 25.5. The Hall–Kier alpha value is -1.73. The second-order valence-corrected chi connectivity index (χ2v) is 7.50. The van der Waals surface area contributed by atoms with E-state index in [2.05, 4.69) is 5.32 Å². The Kier molecular flexibility index (Phi) is 4.43. The molecule has 1 aromatic rings. The molecule has 0 bridgehead atoms. The molecule has 1 saturated heterocycles. The van der Waals surface area contributed by atoms with E-state index >= 15 is 0 Å². The second-order valence-electron chi connectivity index (χ2n) is 5.32. The molecule has 2 unspecified atom stereocenters. The van der Waals surface area contributed by atoms with Crippen LogP contribution in [0, 0.1) is 0 Å². The summed E-state index contributed by atoms with van der Waals surface area (Å²) in [6.45, 7) is 1.68. The Morgan fingerprint density at radius 2 is 1.90 bits per heavy atom. The van der Waals surface area contributed by atoms with Crippen molar-refractivity contribution in [2.45, 2.75) is 25.4 Å². The van der Waals surface area contributed by atoms with Gasteiger partial charge in [-0.25, -0.2) is 13.3 Å². The van der Waals surface area contributed by atoms with Crippen LogP contribution >= 0.6 is 0 Å². The molecule has 6 nitrogen and oxygen atoms in total. The van der Waals surface area contributed by atoms with Crippen LogP contribution in [-0.2, 0) is 19.4 Å². The van der Waals surface area contributed by atoms with Crippen LogP contribution in [-0.4, -0.2) is 44.3 Å². The van der Waals surface area contributed by atoms with Gasteiger partial charge in [0, 0.05) is 12.3 Å². The Bertz CT molecular complexity index is 642. The topological polar surface area (TPSA) is 83.6 Å². The van der Waals surface area contributed by atoms with Gasteiger partial charge in [-0.1, -0.05) is 18.2 Å². The molecule has 21 heavy (non-hydrogen) atoms. The quantitative estimate of drug-likeness (QED) is 0.793. The minimum atomic E-state index is -3.13. The molecule has 2 atom stereocenters. The third kappa shape index (κ3) is 3.89. The van der Waals surface area contributed by atoms with Crippen molar-refractivity contribution in [1.82, 2.24) is 5.32 Å². The highest BCUT2D eigenvalue weighted by Crippen LogP contribution is 2.22. The molecule has 0 spiro atoms. The molecule has 114 valence electrons. The van der Waals surface area contributed by atoms with Crippen molar-refractivity contribution < 1.29 is 18.0 Å². The Labute approximate surface area is 124 Å². The molecule has 1 fully saturated rings. The van der Waals surface area contributed by atoms with Crippen molar-refractivity contribution in [3.8, 4) is 0 Å². The minimum absolute atomic E-state index is 0.0435. The number of amides is 2. The summed E-state index contributed by atoms with van der Waals surface area (Å²) in [6, 6.07) is 7.63. The Morgan fingerprint density at radius 1 is 1.29 bits per heavy atom. The third-order valence-electron chi connectivity index (χ3n) is 3.20. The van der Waals surface area contributed by atoms with E-state index in [1.165, 1.54) is 0 Å². The average Bonchev–Trinajstić information content (AvgIpc) is 2.63. The monoisotopic (exact) mass is 310 g/mol. The Morgan fingerprint density at radius 3 is 2.48 bits per heavy atom. The zero-order valence-corrected chi connectivity index (χ0v) is 12.8. The van der Waals surface area contributed by atoms with E-state index in [9.17, 15) is 18.0 Å². The molecule has 2 rings (SSSR count). The summed E-state index contributed by atoms with van der Waals surface area (Å²) < 4.78 is 22.5.